The Kier molecular flexibility index (Phi) is 5.29. The Morgan fingerprint density at radius 1 is 1.35 bits per heavy atom. The van der Waals surface area contributed by atoms with Gasteiger partial charge in [0.15, 0.2) is 0 Å². The van der Waals surface area contributed by atoms with Crippen molar-refractivity contribution in [1.82, 2.24) is 5.32 Å². The monoisotopic (exact) mass is 328 g/mol. The van der Waals surface area contributed by atoms with Crippen LogP contribution in [-0.4, -0.2) is 30.4 Å². The average Bonchev–Trinajstić information content (AvgIpc) is 3.05. The summed E-state index contributed by atoms with van der Waals surface area (Å²) in [6.07, 6.45) is 2.60. The Morgan fingerprint density at radius 2 is 2.17 bits per heavy atom. The topological polar surface area (TPSA) is 65.3 Å². The molecule has 2 aromatic rings. The van der Waals surface area contributed by atoms with Gasteiger partial charge in [-0.2, -0.15) is 5.26 Å². The van der Waals surface area contributed by atoms with Crippen molar-refractivity contribution in [3.05, 3.63) is 51.7 Å². The third kappa shape index (κ3) is 4.11. The first kappa shape index (κ1) is 16.0. The lowest BCUT2D eigenvalue weighted by molar-refractivity contribution is 0.103. The largest absolute Gasteiger partial charge is 0.489 e. The van der Waals surface area contributed by atoms with Crippen molar-refractivity contribution in [2.24, 2.45) is 0 Å². The fourth-order valence-corrected chi connectivity index (χ4v) is 3.54. The zero-order valence-electron chi connectivity index (χ0n) is 12.9. The molecule has 0 saturated heterocycles. The van der Waals surface area contributed by atoms with Crippen LogP contribution in [0, 0.1) is 11.3 Å². The molecule has 1 heterocycles. The molecule has 120 valence electrons. The summed E-state index contributed by atoms with van der Waals surface area (Å²) in [5.74, 6) is 0.558. The molecule has 2 unspecified atom stereocenters. The van der Waals surface area contributed by atoms with Crippen LogP contribution in [0.4, 0.5) is 0 Å². The molecule has 1 aliphatic rings. The fraction of sp³-hybridized carbons (Fsp3) is 0.389. The Morgan fingerprint density at radius 3 is 3.00 bits per heavy atom. The Labute approximate surface area is 140 Å². The van der Waals surface area contributed by atoms with Gasteiger partial charge in [-0.3, -0.25) is 0 Å². The lowest BCUT2D eigenvalue weighted by Crippen LogP contribution is -2.40. The number of thiophene rings is 1. The molecule has 2 N–H and O–H groups in total. The van der Waals surface area contributed by atoms with Gasteiger partial charge in [0, 0.05) is 12.6 Å². The minimum absolute atomic E-state index is 0.196. The van der Waals surface area contributed by atoms with Gasteiger partial charge in [0.05, 0.1) is 0 Å². The molecule has 0 saturated carbocycles. The van der Waals surface area contributed by atoms with Crippen molar-refractivity contribution < 1.29 is 9.84 Å². The standard InChI is InChI=1S/C18H20N2O2S/c19-10-18-17(7-8-23-18)22-12-16(21)11-20-15-6-5-13-3-1-2-4-14(13)9-15/h1-4,7-8,15-16,20-21H,5-6,9,11-12H2. The molecular formula is C18H20N2O2S. The molecule has 2 atom stereocenters. The van der Waals surface area contributed by atoms with Crippen molar-refractivity contribution in [2.45, 2.75) is 31.4 Å². The molecule has 0 amide bonds. The zero-order valence-corrected chi connectivity index (χ0v) is 13.7. The van der Waals surface area contributed by atoms with E-state index < -0.39 is 6.10 Å². The molecule has 1 aliphatic carbocycles. The summed E-state index contributed by atoms with van der Waals surface area (Å²) in [4.78, 5) is 0.550. The second-order valence-electron chi connectivity index (χ2n) is 5.81. The third-order valence-corrected chi connectivity index (χ3v) is 4.95. The van der Waals surface area contributed by atoms with Gasteiger partial charge in [-0.05, 0) is 41.8 Å². The zero-order chi connectivity index (χ0) is 16.1. The van der Waals surface area contributed by atoms with Gasteiger partial charge in [0.2, 0.25) is 0 Å². The summed E-state index contributed by atoms with van der Waals surface area (Å²) in [6, 6.07) is 12.8. The van der Waals surface area contributed by atoms with Gasteiger partial charge in [-0.1, -0.05) is 24.3 Å². The fourth-order valence-electron chi connectivity index (χ4n) is 2.91. The predicted octanol–water partition coefficient (Wildman–Crippen LogP) is 2.51. The minimum atomic E-state index is -0.585. The summed E-state index contributed by atoms with van der Waals surface area (Å²) < 4.78 is 5.52. The molecule has 1 aromatic carbocycles. The Hall–Kier alpha value is -1.87. The lowest BCUT2D eigenvalue weighted by Gasteiger charge is -2.26. The van der Waals surface area contributed by atoms with E-state index in [4.69, 9.17) is 10.00 Å². The molecule has 0 spiro atoms. The van der Waals surface area contributed by atoms with Crippen LogP contribution in [0.5, 0.6) is 5.75 Å². The number of hydrogen-bond acceptors (Lipinski definition) is 5. The van der Waals surface area contributed by atoms with Gasteiger partial charge < -0.3 is 15.2 Å². The molecule has 1 aromatic heterocycles. The van der Waals surface area contributed by atoms with Gasteiger partial charge in [-0.15, -0.1) is 11.3 Å². The predicted molar refractivity (Wildman–Crippen MR) is 90.8 cm³/mol. The molecule has 23 heavy (non-hydrogen) atoms. The molecule has 0 bridgehead atoms. The van der Waals surface area contributed by atoms with Crippen LogP contribution in [0.2, 0.25) is 0 Å². The SMILES string of the molecule is N#Cc1sccc1OCC(O)CNC1CCc2ccccc2C1. The molecule has 0 radical (unpaired) electrons. The maximum atomic E-state index is 10.1. The normalized spacial score (nSPS) is 18.0. The highest BCUT2D eigenvalue weighted by Crippen LogP contribution is 2.24. The minimum Gasteiger partial charge on any atom is -0.489 e. The van der Waals surface area contributed by atoms with Crippen molar-refractivity contribution in [1.29, 1.82) is 5.26 Å². The first-order chi connectivity index (χ1) is 11.3. The van der Waals surface area contributed by atoms with E-state index in [0.717, 1.165) is 19.3 Å². The highest BCUT2D eigenvalue weighted by molar-refractivity contribution is 7.10. The number of nitrogens with zero attached hydrogens (tertiary/aromatic N) is 1. The van der Waals surface area contributed by atoms with Crippen LogP contribution < -0.4 is 10.1 Å². The highest BCUT2D eigenvalue weighted by Gasteiger charge is 2.19. The summed E-state index contributed by atoms with van der Waals surface area (Å²) >= 11 is 1.35. The van der Waals surface area contributed by atoms with Crippen LogP contribution in [0.3, 0.4) is 0 Å². The lowest BCUT2D eigenvalue weighted by atomic mass is 9.88. The summed E-state index contributed by atoms with van der Waals surface area (Å²) in [6.45, 7) is 0.695. The molecule has 5 heteroatoms. The van der Waals surface area contributed by atoms with E-state index >= 15 is 0 Å². The molecule has 0 fully saturated rings. The summed E-state index contributed by atoms with van der Waals surface area (Å²) in [5, 5.41) is 24.2. The number of aryl methyl sites for hydroxylation is 1. The summed E-state index contributed by atoms with van der Waals surface area (Å²) in [7, 11) is 0. The first-order valence-corrected chi connectivity index (χ1v) is 8.73. The molecule has 4 nitrogen and oxygen atoms in total. The Balaban J connectivity index is 1.43. The van der Waals surface area contributed by atoms with Crippen LogP contribution in [0.25, 0.3) is 0 Å². The highest BCUT2D eigenvalue weighted by atomic mass is 32.1. The number of aliphatic hydroxyl groups excluding tert-OH is 1. The van der Waals surface area contributed by atoms with E-state index in [1.807, 2.05) is 5.38 Å². The van der Waals surface area contributed by atoms with E-state index in [0.29, 0.717) is 23.2 Å². The summed E-state index contributed by atoms with van der Waals surface area (Å²) in [5.41, 5.74) is 2.84. The van der Waals surface area contributed by atoms with Crippen molar-refractivity contribution in [3.8, 4) is 11.8 Å². The molecule has 3 rings (SSSR count). The van der Waals surface area contributed by atoms with Crippen molar-refractivity contribution >= 4 is 11.3 Å². The quantitative estimate of drug-likeness (QED) is 0.855. The molecule has 0 aliphatic heterocycles. The van der Waals surface area contributed by atoms with E-state index in [-0.39, 0.29) is 6.61 Å². The van der Waals surface area contributed by atoms with Gasteiger partial charge >= 0.3 is 0 Å². The number of nitrogens with one attached hydrogen (secondary N) is 1. The van der Waals surface area contributed by atoms with Crippen molar-refractivity contribution in [2.75, 3.05) is 13.2 Å². The first-order valence-electron chi connectivity index (χ1n) is 7.85. The van der Waals surface area contributed by atoms with Gasteiger partial charge in [-0.25, -0.2) is 0 Å². The van der Waals surface area contributed by atoms with Crippen molar-refractivity contribution in [3.63, 3.8) is 0 Å². The second-order valence-corrected chi connectivity index (χ2v) is 6.72. The van der Waals surface area contributed by atoms with E-state index in [1.165, 1.54) is 22.5 Å². The van der Waals surface area contributed by atoms with E-state index in [2.05, 4.69) is 35.7 Å². The molecular weight excluding hydrogens is 308 g/mol. The van der Waals surface area contributed by atoms with Gasteiger partial charge in [0.1, 0.15) is 29.4 Å². The van der Waals surface area contributed by atoms with Crippen LogP contribution in [0.15, 0.2) is 35.7 Å². The maximum Gasteiger partial charge on any atom is 0.148 e. The van der Waals surface area contributed by atoms with Gasteiger partial charge in [0.25, 0.3) is 0 Å². The number of fused-ring (bicyclic) bond motifs is 1. The van der Waals surface area contributed by atoms with Crippen LogP contribution >= 0.6 is 11.3 Å². The smallest absolute Gasteiger partial charge is 0.148 e. The number of rotatable bonds is 6. The third-order valence-electron chi connectivity index (χ3n) is 4.15. The maximum absolute atomic E-state index is 10.1. The number of benzene rings is 1. The second kappa shape index (κ2) is 7.60. The number of hydrogen-bond donors (Lipinski definition) is 2. The van der Waals surface area contributed by atoms with E-state index in [1.54, 1.807) is 6.07 Å². The number of ether oxygens (including phenoxy) is 1. The average molecular weight is 328 g/mol. The number of nitriles is 1. The Bertz CT molecular complexity index is 692. The van der Waals surface area contributed by atoms with E-state index in [9.17, 15) is 5.11 Å². The van der Waals surface area contributed by atoms with Crippen LogP contribution in [-0.2, 0) is 12.8 Å². The number of aliphatic hydroxyl groups is 1. The van der Waals surface area contributed by atoms with Crippen LogP contribution in [0.1, 0.15) is 22.4 Å².